The Kier molecular flexibility index (Phi) is 15.2. The van der Waals surface area contributed by atoms with Gasteiger partial charge in [0, 0.05) is 34.8 Å². The van der Waals surface area contributed by atoms with Gasteiger partial charge in [0.05, 0.1) is 39.6 Å². The van der Waals surface area contributed by atoms with Gasteiger partial charge in [-0.3, -0.25) is 0 Å². The summed E-state index contributed by atoms with van der Waals surface area (Å²) in [6.45, 7) is 7.56. The number of nitrogens with zero attached hydrogens (tertiary/aromatic N) is 5. The van der Waals surface area contributed by atoms with Gasteiger partial charge in [0.2, 0.25) is 0 Å². The average Bonchev–Trinajstić information content (AvgIpc) is 2.71. The lowest BCUT2D eigenvalue weighted by molar-refractivity contribution is 0.0118. The molecule has 0 aliphatic rings. The molecule has 11 heteroatoms. The number of hydrogen-bond donors (Lipinski definition) is 0. The molecule has 164 valence electrons. The van der Waals surface area contributed by atoms with Crippen molar-refractivity contribution < 1.29 is 14.2 Å². The molecule has 0 aliphatic carbocycles. The predicted molar refractivity (Wildman–Crippen MR) is 120 cm³/mol. The zero-order valence-electron chi connectivity index (χ0n) is 17.4. The SMILES string of the molecule is CCCCC[Si](C)(Cl)CSc1ncc(COCCOCCOCCN=[N+]=[N-])cn1. The number of halogens is 1. The molecule has 1 heterocycles. The summed E-state index contributed by atoms with van der Waals surface area (Å²) in [5, 5.41) is 5.08. The summed E-state index contributed by atoms with van der Waals surface area (Å²) in [5.74, 6) is 0. The van der Waals surface area contributed by atoms with E-state index in [1.807, 2.05) is 0 Å². The molecule has 0 N–H and O–H groups in total. The van der Waals surface area contributed by atoms with Crippen LogP contribution in [0.2, 0.25) is 12.6 Å². The third-order valence-electron chi connectivity index (χ3n) is 3.90. The van der Waals surface area contributed by atoms with Crippen molar-refractivity contribution in [3.05, 3.63) is 28.4 Å². The number of ether oxygens (including phenoxy) is 3. The van der Waals surface area contributed by atoms with Crippen LogP contribution < -0.4 is 0 Å². The van der Waals surface area contributed by atoms with Crippen molar-refractivity contribution in [3.63, 3.8) is 0 Å². The molecule has 29 heavy (non-hydrogen) atoms. The van der Waals surface area contributed by atoms with Crippen LogP contribution in [0.4, 0.5) is 0 Å². The Balaban J connectivity index is 2.08. The van der Waals surface area contributed by atoms with Crippen molar-refractivity contribution >= 4 is 30.2 Å². The Morgan fingerprint density at radius 1 is 1.10 bits per heavy atom. The Bertz CT molecular complexity index is 591. The monoisotopic (exact) mass is 461 g/mol. The molecule has 0 spiro atoms. The molecule has 8 nitrogen and oxygen atoms in total. The fourth-order valence-electron chi connectivity index (χ4n) is 2.30. The smallest absolute Gasteiger partial charge is 0.187 e. The van der Waals surface area contributed by atoms with Gasteiger partial charge >= 0.3 is 0 Å². The fourth-order valence-corrected chi connectivity index (χ4v) is 6.73. The highest BCUT2D eigenvalue weighted by Gasteiger charge is 2.24. The first-order valence-corrected chi connectivity index (χ1v) is 14.9. The van der Waals surface area contributed by atoms with E-state index in [4.69, 9.17) is 30.8 Å². The summed E-state index contributed by atoms with van der Waals surface area (Å²) < 4.78 is 16.2. The number of rotatable bonds is 18. The second kappa shape index (κ2) is 16.9. The summed E-state index contributed by atoms with van der Waals surface area (Å²) in [6.07, 6.45) is 7.30. The molecule has 1 atom stereocenters. The predicted octanol–water partition coefficient (Wildman–Crippen LogP) is 4.97. The molecule has 1 unspecified atom stereocenters. The van der Waals surface area contributed by atoms with Crippen molar-refractivity contribution in [2.24, 2.45) is 5.11 Å². The van der Waals surface area contributed by atoms with Gasteiger partial charge in [-0.05, 0) is 11.6 Å². The highest BCUT2D eigenvalue weighted by Crippen LogP contribution is 2.26. The van der Waals surface area contributed by atoms with E-state index in [1.165, 1.54) is 19.3 Å². The standard InChI is InChI=1S/C18H32ClN5O3SSi/c1-3-4-5-12-29(2,19)16-28-18-21-13-17(14-22-18)15-27-11-10-26-9-8-25-7-6-23-24-20/h13-14H,3-12,15-16H2,1-2H3. The zero-order chi connectivity index (χ0) is 21.2. The van der Waals surface area contributed by atoms with Gasteiger partial charge in [0.25, 0.3) is 0 Å². The van der Waals surface area contributed by atoms with Crippen LogP contribution in [0.3, 0.4) is 0 Å². The molecule has 0 fully saturated rings. The van der Waals surface area contributed by atoms with Gasteiger partial charge in [-0.15, -0.1) is 0 Å². The van der Waals surface area contributed by atoms with E-state index in [9.17, 15) is 0 Å². The first-order valence-electron chi connectivity index (χ1n) is 9.94. The number of unbranched alkanes of at least 4 members (excludes halogenated alkanes) is 2. The average molecular weight is 462 g/mol. The lowest BCUT2D eigenvalue weighted by Crippen LogP contribution is -2.26. The summed E-state index contributed by atoms with van der Waals surface area (Å²) in [5.41, 5.74) is 9.06. The van der Waals surface area contributed by atoms with Gasteiger partial charge in [-0.2, -0.15) is 11.1 Å². The van der Waals surface area contributed by atoms with Crippen LogP contribution in [0.5, 0.6) is 0 Å². The minimum Gasteiger partial charge on any atom is -0.379 e. The largest absolute Gasteiger partial charge is 0.379 e. The summed E-state index contributed by atoms with van der Waals surface area (Å²) in [6, 6.07) is 1.14. The van der Waals surface area contributed by atoms with Crippen LogP contribution in [0.25, 0.3) is 10.4 Å². The molecule has 0 bridgehead atoms. The molecule has 1 aromatic heterocycles. The van der Waals surface area contributed by atoms with Gasteiger partial charge in [0.15, 0.2) is 12.5 Å². The van der Waals surface area contributed by atoms with Gasteiger partial charge < -0.3 is 14.2 Å². The maximum absolute atomic E-state index is 8.12. The van der Waals surface area contributed by atoms with Crippen LogP contribution >= 0.6 is 22.8 Å². The molecule has 1 aromatic rings. The van der Waals surface area contributed by atoms with Crippen LogP contribution in [0, 0.1) is 0 Å². The first kappa shape index (κ1) is 26.2. The van der Waals surface area contributed by atoms with E-state index in [1.54, 1.807) is 24.2 Å². The fraction of sp³-hybridized carbons (Fsp3) is 0.778. The second-order valence-corrected chi connectivity index (χ2v) is 14.6. The first-order chi connectivity index (χ1) is 14.1. The second-order valence-electron chi connectivity index (χ2n) is 6.76. The molecule has 0 aliphatic heterocycles. The summed E-state index contributed by atoms with van der Waals surface area (Å²) in [4.78, 5) is 11.5. The molecule has 1 rings (SSSR count). The number of azide groups is 1. The zero-order valence-corrected chi connectivity index (χ0v) is 20.0. The van der Waals surface area contributed by atoms with E-state index in [-0.39, 0.29) is 0 Å². The summed E-state index contributed by atoms with van der Waals surface area (Å²) in [7, 11) is -1.70. The minimum atomic E-state index is -1.70. The molecular weight excluding hydrogens is 430 g/mol. The summed E-state index contributed by atoms with van der Waals surface area (Å²) >= 11 is 8.37. The molecule has 0 aromatic carbocycles. The van der Waals surface area contributed by atoms with Crippen molar-refractivity contribution in [1.82, 2.24) is 9.97 Å². The lowest BCUT2D eigenvalue weighted by atomic mass is 10.3. The van der Waals surface area contributed by atoms with E-state index in [2.05, 4.69) is 33.5 Å². The van der Waals surface area contributed by atoms with E-state index < -0.39 is 7.38 Å². The molecule has 0 saturated carbocycles. The van der Waals surface area contributed by atoms with Crippen molar-refractivity contribution in [3.8, 4) is 0 Å². The van der Waals surface area contributed by atoms with Crippen LogP contribution in [-0.2, 0) is 20.8 Å². The highest BCUT2D eigenvalue weighted by atomic mass is 35.6. The van der Waals surface area contributed by atoms with Crippen molar-refractivity contribution in [1.29, 1.82) is 0 Å². The molecular formula is C18H32ClN5O3SSi. The minimum absolute atomic E-state index is 0.338. The molecule has 0 radical (unpaired) electrons. The quantitative estimate of drug-likeness (QED) is 0.0446. The van der Waals surface area contributed by atoms with E-state index >= 15 is 0 Å². The van der Waals surface area contributed by atoms with Gasteiger partial charge in [0.1, 0.15) is 0 Å². The molecule has 0 saturated heterocycles. The highest BCUT2D eigenvalue weighted by molar-refractivity contribution is 8.01. The van der Waals surface area contributed by atoms with Crippen LogP contribution in [-0.4, -0.2) is 62.3 Å². The Morgan fingerprint density at radius 2 is 1.76 bits per heavy atom. The number of aromatic nitrogens is 2. The third-order valence-corrected chi connectivity index (χ3v) is 10.3. The topological polar surface area (TPSA) is 102 Å². The maximum atomic E-state index is 8.12. The van der Waals surface area contributed by atoms with Gasteiger partial charge in [-0.25, -0.2) is 9.97 Å². The Labute approximate surface area is 183 Å². The van der Waals surface area contributed by atoms with Crippen LogP contribution in [0.15, 0.2) is 22.7 Å². The number of thioether (sulfide) groups is 1. The lowest BCUT2D eigenvalue weighted by Gasteiger charge is -2.18. The number of hydrogen-bond acceptors (Lipinski definition) is 7. The normalized spacial score (nSPS) is 13.1. The maximum Gasteiger partial charge on any atom is 0.187 e. The van der Waals surface area contributed by atoms with Gasteiger partial charge in [-0.1, -0.05) is 49.6 Å². The van der Waals surface area contributed by atoms with Crippen molar-refractivity contribution in [2.45, 2.75) is 50.5 Å². The van der Waals surface area contributed by atoms with E-state index in [0.717, 1.165) is 22.1 Å². The van der Waals surface area contributed by atoms with E-state index in [0.29, 0.717) is 46.2 Å². The Morgan fingerprint density at radius 3 is 2.41 bits per heavy atom. The third kappa shape index (κ3) is 14.7. The van der Waals surface area contributed by atoms with Crippen molar-refractivity contribution in [2.75, 3.05) is 45.0 Å². The Hall–Kier alpha value is -0.873. The molecule has 0 amide bonds. The van der Waals surface area contributed by atoms with Crippen LogP contribution in [0.1, 0.15) is 31.7 Å².